The molecule has 2 aromatic heterocycles. The van der Waals surface area contributed by atoms with Gasteiger partial charge in [0.2, 0.25) is 0 Å². The third kappa shape index (κ3) is 5.03. The summed E-state index contributed by atoms with van der Waals surface area (Å²) in [4.78, 5) is 8.25. The van der Waals surface area contributed by atoms with Crippen LogP contribution in [-0.2, 0) is 21.1 Å². The van der Waals surface area contributed by atoms with E-state index in [4.69, 9.17) is 0 Å². The van der Waals surface area contributed by atoms with Crippen LogP contribution in [0.2, 0.25) is 0 Å². The van der Waals surface area contributed by atoms with Crippen LogP contribution in [0.25, 0.3) is 0 Å². The van der Waals surface area contributed by atoms with Crippen molar-refractivity contribution in [3.05, 3.63) is 63.6 Å². The minimum Gasteiger partial charge on any atom is -0.358 e. The summed E-state index contributed by atoms with van der Waals surface area (Å²) in [7, 11) is 0. The van der Waals surface area contributed by atoms with Gasteiger partial charge in [-0.15, -0.1) is 0 Å². The Morgan fingerprint density at radius 3 is 1.50 bits per heavy atom. The second kappa shape index (κ2) is 9.05. The second-order valence-electron chi connectivity index (χ2n) is 2.55. The minimum absolute atomic E-state index is 0. The molecule has 3 nitrogen and oxygen atoms in total. The number of rotatable bonds is 2. The summed E-state index contributed by atoms with van der Waals surface area (Å²) in [5.74, 6) is 1.61. The van der Waals surface area contributed by atoms with Crippen LogP contribution in [-0.4, -0.2) is 9.97 Å². The Balaban J connectivity index is 0. The Bertz CT molecular complexity index is 327. The third-order valence-electron chi connectivity index (χ3n) is 1.59. The van der Waals surface area contributed by atoms with Gasteiger partial charge in [0.15, 0.2) is 0 Å². The molecular weight excluding hydrogens is 381 g/mol. The maximum absolute atomic E-state index is 4.12. The van der Waals surface area contributed by atoms with Gasteiger partial charge >= 0.3 is 21.1 Å². The van der Waals surface area contributed by atoms with Crippen molar-refractivity contribution in [1.82, 2.24) is 9.97 Å². The number of nitrogens with one attached hydrogen (secondary N) is 1. The van der Waals surface area contributed by atoms with Gasteiger partial charge in [0.25, 0.3) is 0 Å². The molecule has 0 spiro atoms. The molecule has 0 fully saturated rings. The average molecular weight is 396 g/mol. The van der Waals surface area contributed by atoms with E-state index in [9.17, 15) is 0 Å². The third-order valence-corrected chi connectivity index (χ3v) is 1.59. The van der Waals surface area contributed by atoms with Crippen molar-refractivity contribution in [3.63, 3.8) is 0 Å². The fraction of sp³-hybridized carbons (Fsp3) is 0. The first-order chi connectivity index (χ1) is 6.45. The van der Waals surface area contributed by atoms with E-state index in [1.54, 1.807) is 12.4 Å². The zero-order valence-corrected chi connectivity index (χ0v) is 11.6. The Morgan fingerprint density at radius 1 is 0.750 bits per heavy atom. The summed E-state index contributed by atoms with van der Waals surface area (Å²) in [5, 5.41) is 3.08. The van der Waals surface area contributed by atoms with Crippen molar-refractivity contribution in [1.29, 1.82) is 0 Å². The summed E-state index contributed by atoms with van der Waals surface area (Å²) in [6.45, 7) is 0. The van der Waals surface area contributed by atoms with Crippen LogP contribution in [0.5, 0.6) is 0 Å². The van der Waals surface area contributed by atoms with E-state index in [-0.39, 0.29) is 35.9 Å². The first kappa shape index (κ1) is 17.2. The van der Waals surface area contributed by atoms with Crippen molar-refractivity contribution in [2.24, 2.45) is 0 Å². The maximum atomic E-state index is 4.12. The van der Waals surface area contributed by atoms with Crippen molar-refractivity contribution in [2.45, 2.75) is 0 Å². The molecule has 0 aliphatic rings. The van der Waals surface area contributed by atoms with Crippen molar-refractivity contribution in [2.75, 3.05) is 5.32 Å². The first-order valence-electron chi connectivity index (χ1n) is 4.04. The van der Waals surface area contributed by atoms with Gasteiger partial charge in [0, 0.05) is 12.4 Å². The molecule has 0 aromatic carbocycles. The molecule has 0 atom stereocenters. The van der Waals surface area contributed by atoms with E-state index in [1.165, 1.54) is 0 Å². The molecule has 2 rings (SSSR count). The Morgan fingerprint density at radius 2 is 1.19 bits per heavy atom. The van der Waals surface area contributed by atoms with E-state index in [1.807, 2.05) is 36.4 Å². The van der Waals surface area contributed by atoms with E-state index >= 15 is 0 Å². The second-order valence-corrected chi connectivity index (χ2v) is 2.55. The predicted octanol–water partition coefficient (Wildman–Crippen LogP) is 3.12. The van der Waals surface area contributed by atoms with Crippen LogP contribution in [0.15, 0.2) is 48.8 Å². The fourth-order valence-corrected chi connectivity index (χ4v) is 1.00. The molecule has 2 aromatic rings. The van der Waals surface area contributed by atoms with Gasteiger partial charge < -0.3 is 20.2 Å². The van der Waals surface area contributed by atoms with Crippen LogP contribution in [0.1, 0.15) is 0 Å². The van der Waals surface area contributed by atoms with Crippen LogP contribution in [0.3, 0.4) is 0 Å². The molecule has 0 aliphatic heterocycles. The van der Waals surface area contributed by atoms with Gasteiger partial charge in [-0.2, -0.15) is 0 Å². The molecule has 88 valence electrons. The predicted molar refractivity (Wildman–Crippen MR) is 64.6 cm³/mol. The van der Waals surface area contributed by atoms with Gasteiger partial charge in [-0.1, -0.05) is 12.1 Å². The molecule has 0 bridgehead atoms. The van der Waals surface area contributed by atoms with Crippen LogP contribution >= 0.6 is 0 Å². The van der Waals surface area contributed by atoms with Gasteiger partial charge in [-0.25, -0.2) is 9.97 Å². The zero-order chi connectivity index (χ0) is 8.93. The molecule has 0 amide bonds. The van der Waals surface area contributed by atoms with Gasteiger partial charge in [-0.05, 0) is 24.3 Å². The van der Waals surface area contributed by atoms with Crippen molar-refractivity contribution < 1.29 is 21.1 Å². The molecule has 16 heavy (non-hydrogen) atoms. The first-order valence-corrected chi connectivity index (χ1v) is 4.04. The summed E-state index contributed by atoms with van der Waals surface area (Å²) in [5.41, 5.74) is 0. The van der Waals surface area contributed by atoms with Gasteiger partial charge in [0.05, 0.1) is 0 Å². The molecule has 4 heteroatoms. The van der Waals surface area contributed by atoms with Crippen LogP contribution < -0.4 is 5.32 Å². The molecule has 0 unspecified atom stereocenters. The van der Waals surface area contributed by atoms with E-state index in [2.05, 4.69) is 15.3 Å². The molecule has 0 saturated carbocycles. The molecule has 0 saturated heterocycles. The van der Waals surface area contributed by atoms with Crippen LogP contribution in [0, 0.1) is 14.9 Å². The van der Waals surface area contributed by atoms with Gasteiger partial charge in [0.1, 0.15) is 11.6 Å². The minimum atomic E-state index is 0. The molecule has 1 N–H and O–H groups in total. The van der Waals surface area contributed by atoms with Crippen molar-refractivity contribution >= 4 is 11.6 Å². The Kier molecular flexibility index (Phi) is 9.72. The number of aromatic nitrogens is 2. The average Bonchev–Trinajstić information content (AvgIpc) is 2.21. The standard InChI is InChI=1S/C10H9N3.2CH3.Pt/c1-3-7-11-9(5-1)13-10-6-2-4-8-12-10;;;/h1-8H,(H,11,12,13);2*1H3;/q;2*-1;+2. The van der Waals surface area contributed by atoms with Crippen LogP contribution in [0.4, 0.5) is 11.6 Å². The zero-order valence-electron chi connectivity index (χ0n) is 9.33. The fourth-order valence-electron chi connectivity index (χ4n) is 1.00. The molecule has 0 radical (unpaired) electrons. The smallest absolute Gasteiger partial charge is 0.358 e. The number of nitrogens with zero attached hydrogens (tertiary/aromatic N) is 2. The SMILES string of the molecule is [CH3-].[CH3-].[Pt+2].c1ccc(Nc2ccccn2)nc1. The summed E-state index contributed by atoms with van der Waals surface area (Å²) < 4.78 is 0. The van der Waals surface area contributed by atoms with E-state index in [0.29, 0.717) is 0 Å². The number of pyridine rings is 2. The largest absolute Gasteiger partial charge is 2.00 e. The Hall–Kier alpha value is -1.21. The summed E-state index contributed by atoms with van der Waals surface area (Å²) in [6.07, 6.45) is 3.48. The molecule has 2 heterocycles. The van der Waals surface area contributed by atoms with E-state index in [0.717, 1.165) is 11.6 Å². The number of hydrogen-bond acceptors (Lipinski definition) is 3. The summed E-state index contributed by atoms with van der Waals surface area (Å²) in [6, 6.07) is 11.4. The van der Waals surface area contributed by atoms with E-state index < -0.39 is 0 Å². The number of anilines is 2. The number of hydrogen-bond donors (Lipinski definition) is 1. The summed E-state index contributed by atoms with van der Waals surface area (Å²) >= 11 is 0. The molecular formula is C12H15N3Pt. The van der Waals surface area contributed by atoms with Crippen molar-refractivity contribution in [3.8, 4) is 0 Å². The maximum Gasteiger partial charge on any atom is 2.00 e. The van der Waals surface area contributed by atoms with Gasteiger partial charge in [-0.3, -0.25) is 0 Å². The Labute approximate surface area is 112 Å². The topological polar surface area (TPSA) is 37.8 Å². The quantitative estimate of drug-likeness (QED) is 0.793. The normalized spacial score (nSPS) is 7.75. The monoisotopic (exact) mass is 396 g/mol. The molecule has 0 aliphatic carbocycles.